The van der Waals surface area contributed by atoms with Gasteiger partial charge in [-0.3, -0.25) is 4.79 Å². The quantitative estimate of drug-likeness (QED) is 0.442. The summed E-state index contributed by atoms with van der Waals surface area (Å²) in [6, 6.07) is 0. The molecule has 0 spiro atoms. The van der Waals surface area contributed by atoms with Gasteiger partial charge in [0.25, 0.3) is 0 Å². The van der Waals surface area contributed by atoms with E-state index in [0.717, 1.165) is 47.0 Å². The summed E-state index contributed by atoms with van der Waals surface area (Å²) in [6.45, 7) is 16.0. The van der Waals surface area contributed by atoms with Gasteiger partial charge in [-0.05, 0) is 42.9 Å². The van der Waals surface area contributed by atoms with Crippen molar-refractivity contribution in [2.45, 2.75) is 72.0 Å². The van der Waals surface area contributed by atoms with Crippen LogP contribution < -0.4 is 5.43 Å². The molecule has 0 N–H and O–H groups in total. The Bertz CT molecular complexity index is 886. The number of imidazole rings is 1. The molecule has 2 aromatic rings. The minimum Gasteiger partial charge on any atom is -0.307 e. The highest BCUT2D eigenvalue weighted by molar-refractivity contribution is 7.99. The summed E-state index contributed by atoms with van der Waals surface area (Å²) < 4.78 is 2.19. The van der Waals surface area contributed by atoms with Crippen LogP contribution in [0.15, 0.2) is 22.6 Å². The molecule has 1 aliphatic carbocycles. The predicted molar refractivity (Wildman–Crippen MR) is 119 cm³/mol. The number of rotatable bonds is 6. The molecule has 148 valence electrons. The van der Waals surface area contributed by atoms with Gasteiger partial charge in [0, 0.05) is 22.7 Å². The van der Waals surface area contributed by atoms with Gasteiger partial charge in [-0.15, -0.1) is 17.9 Å². The van der Waals surface area contributed by atoms with E-state index in [9.17, 15) is 4.79 Å². The van der Waals surface area contributed by atoms with Crippen LogP contribution in [0.5, 0.6) is 0 Å². The first-order chi connectivity index (χ1) is 12.7. The summed E-state index contributed by atoms with van der Waals surface area (Å²) in [5.41, 5.74) is 2.14. The van der Waals surface area contributed by atoms with Crippen molar-refractivity contribution in [3.05, 3.63) is 33.3 Å². The number of allylic oxidation sites excluding steroid dienone is 1. The molecular formula is C22H32N2OS2. The number of hydrogen-bond acceptors (Lipinski definition) is 4. The molecule has 2 aromatic heterocycles. The maximum absolute atomic E-state index is 13.2. The largest absolute Gasteiger partial charge is 0.307 e. The zero-order chi connectivity index (χ0) is 19.8. The second-order valence-corrected chi connectivity index (χ2v) is 11.3. The molecule has 3 nitrogen and oxygen atoms in total. The Morgan fingerprint density at radius 2 is 2.15 bits per heavy atom. The van der Waals surface area contributed by atoms with E-state index in [1.807, 2.05) is 6.08 Å². The predicted octanol–water partition coefficient (Wildman–Crippen LogP) is 5.93. The Morgan fingerprint density at radius 1 is 1.41 bits per heavy atom. The monoisotopic (exact) mass is 404 g/mol. The summed E-state index contributed by atoms with van der Waals surface area (Å²) >= 11 is 3.56. The van der Waals surface area contributed by atoms with Gasteiger partial charge in [0.2, 0.25) is 5.43 Å². The fourth-order valence-electron chi connectivity index (χ4n) is 3.71. The molecule has 5 heteroatoms. The molecule has 0 aromatic carbocycles. The molecule has 0 fully saturated rings. The summed E-state index contributed by atoms with van der Waals surface area (Å²) in [5.74, 6) is 2.34. The highest BCUT2D eigenvalue weighted by Crippen LogP contribution is 2.39. The number of aromatic nitrogens is 2. The number of fused-ring (bicyclic) bond motifs is 2. The maximum atomic E-state index is 13.2. The molecule has 27 heavy (non-hydrogen) atoms. The Kier molecular flexibility index (Phi) is 6.21. The molecule has 0 bridgehead atoms. The molecule has 3 rings (SSSR count). The van der Waals surface area contributed by atoms with E-state index in [4.69, 9.17) is 4.98 Å². The first-order valence-corrected chi connectivity index (χ1v) is 11.8. The standard InChI is InChI=1S/C22H32N2OS2/c1-7-11-24-20-18(23-21(24)26-12-10-14(2)3)19(25)16-9-8-15(22(4,5)6)13-17(16)27-20/h7,14-15H,1,8-13H2,2-6H3. The third-order valence-electron chi connectivity index (χ3n) is 5.57. The van der Waals surface area contributed by atoms with Crippen molar-refractivity contribution in [3.63, 3.8) is 0 Å². The van der Waals surface area contributed by atoms with Crippen molar-refractivity contribution in [2.75, 3.05) is 5.75 Å². The van der Waals surface area contributed by atoms with E-state index >= 15 is 0 Å². The van der Waals surface area contributed by atoms with Gasteiger partial charge in [-0.1, -0.05) is 52.5 Å². The van der Waals surface area contributed by atoms with E-state index in [1.165, 1.54) is 4.88 Å². The Balaban J connectivity index is 2.04. The topological polar surface area (TPSA) is 34.9 Å². The van der Waals surface area contributed by atoms with Crippen LogP contribution in [0, 0.1) is 17.3 Å². The highest BCUT2D eigenvalue weighted by Gasteiger charge is 2.31. The molecule has 1 unspecified atom stereocenters. The minimum absolute atomic E-state index is 0.166. The van der Waals surface area contributed by atoms with Crippen LogP contribution in [-0.4, -0.2) is 15.3 Å². The molecular weight excluding hydrogens is 372 g/mol. The van der Waals surface area contributed by atoms with Gasteiger partial charge < -0.3 is 4.57 Å². The third kappa shape index (κ3) is 4.34. The van der Waals surface area contributed by atoms with E-state index in [0.29, 0.717) is 23.9 Å². The summed E-state index contributed by atoms with van der Waals surface area (Å²) in [7, 11) is 0. The van der Waals surface area contributed by atoms with Gasteiger partial charge >= 0.3 is 0 Å². The lowest BCUT2D eigenvalue weighted by Gasteiger charge is -2.34. The van der Waals surface area contributed by atoms with Crippen LogP contribution in [0.1, 0.15) is 57.9 Å². The third-order valence-corrected chi connectivity index (χ3v) is 7.85. The van der Waals surface area contributed by atoms with Gasteiger partial charge in [0.15, 0.2) is 5.16 Å². The maximum Gasteiger partial charge on any atom is 0.211 e. The second-order valence-electron chi connectivity index (χ2n) is 9.12. The molecule has 1 aliphatic rings. The lowest BCUT2D eigenvalue weighted by atomic mass is 9.72. The van der Waals surface area contributed by atoms with Crippen LogP contribution in [0.25, 0.3) is 10.3 Å². The normalized spacial score (nSPS) is 17.5. The van der Waals surface area contributed by atoms with Crippen LogP contribution >= 0.6 is 23.1 Å². The van der Waals surface area contributed by atoms with Gasteiger partial charge in [-0.25, -0.2) is 4.98 Å². The van der Waals surface area contributed by atoms with Crippen molar-refractivity contribution >= 4 is 33.4 Å². The number of thioether (sulfide) groups is 1. The minimum atomic E-state index is 0.166. The molecule has 0 saturated carbocycles. The average Bonchev–Trinajstić information content (AvgIpc) is 2.92. The lowest BCUT2D eigenvalue weighted by Crippen LogP contribution is -2.29. The Hall–Kier alpha value is -1.07. The van der Waals surface area contributed by atoms with Crippen LogP contribution in [0.3, 0.4) is 0 Å². The molecule has 0 aliphatic heterocycles. The van der Waals surface area contributed by atoms with Crippen LogP contribution in [0.4, 0.5) is 0 Å². The molecule has 2 heterocycles. The average molecular weight is 405 g/mol. The molecule has 0 radical (unpaired) electrons. The molecule has 0 amide bonds. The smallest absolute Gasteiger partial charge is 0.211 e. The fourth-order valence-corrected chi connectivity index (χ4v) is 6.35. The van der Waals surface area contributed by atoms with Gasteiger partial charge in [0.1, 0.15) is 10.3 Å². The van der Waals surface area contributed by atoms with Crippen LogP contribution in [-0.2, 0) is 19.4 Å². The van der Waals surface area contributed by atoms with E-state index < -0.39 is 0 Å². The van der Waals surface area contributed by atoms with Crippen molar-refractivity contribution < 1.29 is 0 Å². The van der Waals surface area contributed by atoms with E-state index in [2.05, 4.69) is 45.8 Å². The van der Waals surface area contributed by atoms with Crippen molar-refractivity contribution in [3.8, 4) is 0 Å². The zero-order valence-corrected chi connectivity index (χ0v) is 18.9. The number of hydrogen-bond donors (Lipinski definition) is 0. The first kappa shape index (κ1) is 20.7. The number of nitrogens with zero attached hydrogens (tertiary/aromatic N) is 2. The van der Waals surface area contributed by atoms with Gasteiger partial charge in [-0.2, -0.15) is 0 Å². The fraction of sp³-hybridized carbons (Fsp3) is 0.636. The van der Waals surface area contributed by atoms with Crippen molar-refractivity contribution in [1.82, 2.24) is 9.55 Å². The SMILES string of the molecule is C=CCn1c(SCCC(C)C)nc2c(=O)c3c(sc21)CC(C(C)(C)C)CC3. The Labute approximate surface area is 171 Å². The Morgan fingerprint density at radius 3 is 2.78 bits per heavy atom. The summed E-state index contributed by atoms with van der Waals surface area (Å²) in [4.78, 5) is 20.3. The highest BCUT2D eigenvalue weighted by atomic mass is 32.2. The molecule has 0 saturated heterocycles. The van der Waals surface area contributed by atoms with Crippen molar-refractivity contribution in [1.29, 1.82) is 0 Å². The van der Waals surface area contributed by atoms with Crippen molar-refractivity contribution in [2.24, 2.45) is 17.3 Å². The zero-order valence-electron chi connectivity index (χ0n) is 17.3. The summed E-state index contributed by atoms with van der Waals surface area (Å²) in [5, 5.41) is 0.966. The second kappa shape index (κ2) is 8.12. The summed E-state index contributed by atoms with van der Waals surface area (Å²) in [6.07, 6.45) is 6.07. The van der Waals surface area contributed by atoms with Gasteiger partial charge in [0.05, 0.1) is 0 Å². The molecule has 1 atom stereocenters. The van der Waals surface area contributed by atoms with E-state index in [1.54, 1.807) is 23.1 Å². The lowest BCUT2D eigenvalue weighted by molar-refractivity contribution is 0.217. The van der Waals surface area contributed by atoms with E-state index in [-0.39, 0.29) is 10.8 Å². The first-order valence-electron chi connectivity index (χ1n) is 10.0. The van der Waals surface area contributed by atoms with Crippen LogP contribution in [0.2, 0.25) is 0 Å².